The van der Waals surface area contributed by atoms with Crippen LogP contribution in [0.4, 0.5) is 0 Å². The minimum absolute atomic E-state index is 0.179. The van der Waals surface area contributed by atoms with E-state index < -0.39 is 0 Å². The van der Waals surface area contributed by atoms with Crippen LogP contribution in [0.25, 0.3) is 0 Å². The average Bonchev–Trinajstić information content (AvgIpc) is 2.42. The van der Waals surface area contributed by atoms with E-state index in [0.717, 1.165) is 24.7 Å². The van der Waals surface area contributed by atoms with E-state index >= 15 is 0 Å². The molecule has 1 fully saturated rings. The molecule has 14 heavy (non-hydrogen) atoms. The number of hydrogen-bond acceptors (Lipinski definition) is 1. The number of rotatable bonds is 3. The van der Waals surface area contributed by atoms with Gasteiger partial charge >= 0.3 is 0 Å². The number of thiocarbonyl (C=S) groups is 1. The summed E-state index contributed by atoms with van der Waals surface area (Å²) in [7, 11) is 0. The fraction of sp³-hybridized carbons (Fsp3) is 0.909. The van der Waals surface area contributed by atoms with E-state index in [0.29, 0.717) is 0 Å². The number of nitrogens with zero attached hydrogens (tertiary/aromatic N) is 2. The molecule has 0 amide bonds. The van der Waals surface area contributed by atoms with Crippen molar-refractivity contribution in [1.82, 2.24) is 9.80 Å². The molecule has 0 radical (unpaired) electrons. The lowest BCUT2D eigenvalue weighted by Crippen LogP contribution is -2.44. The van der Waals surface area contributed by atoms with Gasteiger partial charge in [-0.05, 0) is 39.4 Å². The molecule has 2 nitrogen and oxygen atoms in total. The third kappa shape index (κ3) is 2.59. The molecule has 1 rings (SSSR count). The Morgan fingerprint density at radius 1 is 1.29 bits per heavy atom. The summed E-state index contributed by atoms with van der Waals surface area (Å²) in [5.41, 5.74) is 0.179. The molecule has 0 aliphatic carbocycles. The van der Waals surface area contributed by atoms with Gasteiger partial charge in [0.2, 0.25) is 0 Å². The Hall–Kier alpha value is -0.310. The van der Waals surface area contributed by atoms with Gasteiger partial charge in [0.1, 0.15) is 0 Å². The van der Waals surface area contributed by atoms with Gasteiger partial charge in [0, 0.05) is 25.2 Å². The van der Waals surface area contributed by atoms with Crippen LogP contribution in [0.15, 0.2) is 0 Å². The highest BCUT2D eigenvalue weighted by atomic mass is 32.1. The summed E-state index contributed by atoms with van der Waals surface area (Å²) in [6.45, 7) is 12.2. The standard InChI is InChI=1S/C11H22N2S/c1-5-6-7-12-8-9-13(10(12)14)11(2,3)4/h5-9H2,1-4H3. The van der Waals surface area contributed by atoms with E-state index in [9.17, 15) is 0 Å². The topological polar surface area (TPSA) is 6.48 Å². The Kier molecular flexibility index (Phi) is 3.76. The summed E-state index contributed by atoms with van der Waals surface area (Å²) in [6, 6.07) is 0. The molecule has 0 spiro atoms. The molecule has 3 heteroatoms. The van der Waals surface area contributed by atoms with Crippen LogP contribution < -0.4 is 0 Å². The molecule has 0 saturated carbocycles. The molecular weight excluding hydrogens is 192 g/mol. The maximum absolute atomic E-state index is 5.48. The first-order chi connectivity index (χ1) is 6.46. The van der Waals surface area contributed by atoms with E-state index in [2.05, 4.69) is 37.5 Å². The second-order valence-corrected chi connectivity index (χ2v) is 5.31. The molecule has 1 heterocycles. The lowest BCUT2D eigenvalue weighted by molar-refractivity contribution is 0.263. The Labute approximate surface area is 93.3 Å². The third-order valence-electron chi connectivity index (χ3n) is 2.69. The van der Waals surface area contributed by atoms with Crippen LogP contribution in [0, 0.1) is 0 Å². The summed E-state index contributed by atoms with van der Waals surface area (Å²) in [4.78, 5) is 4.67. The maximum Gasteiger partial charge on any atom is 0.172 e. The van der Waals surface area contributed by atoms with Crippen molar-refractivity contribution in [3.05, 3.63) is 0 Å². The van der Waals surface area contributed by atoms with Crippen molar-refractivity contribution in [3.63, 3.8) is 0 Å². The largest absolute Gasteiger partial charge is 0.347 e. The second kappa shape index (κ2) is 4.47. The van der Waals surface area contributed by atoms with Crippen LogP contribution in [-0.2, 0) is 0 Å². The van der Waals surface area contributed by atoms with Gasteiger partial charge in [-0.25, -0.2) is 0 Å². The molecule has 0 atom stereocenters. The maximum atomic E-state index is 5.48. The molecule has 0 N–H and O–H groups in total. The predicted octanol–water partition coefficient (Wildman–Crippen LogP) is 2.49. The number of hydrogen-bond donors (Lipinski definition) is 0. The quantitative estimate of drug-likeness (QED) is 0.667. The second-order valence-electron chi connectivity index (χ2n) is 4.95. The van der Waals surface area contributed by atoms with Crippen LogP contribution in [0.1, 0.15) is 40.5 Å². The van der Waals surface area contributed by atoms with Crippen LogP contribution >= 0.6 is 12.2 Å². The van der Waals surface area contributed by atoms with Crippen LogP contribution in [-0.4, -0.2) is 40.1 Å². The highest BCUT2D eigenvalue weighted by Gasteiger charge is 2.31. The smallest absolute Gasteiger partial charge is 0.172 e. The molecule has 0 bridgehead atoms. The normalized spacial score (nSPS) is 18.1. The Bertz CT molecular complexity index is 208. The van der Waals surface area contributed by atoms with Crippen LogP contribution in [0.2, 0.25) is 0 Å². The van der Waals surface area contributed by atoms with Crippen LogP contribution in [0.3, 0.4) is 0 Å². The van der Waals surface area contributed by atoms with Gasteiger partial charge in [0.05, 0.1) is 0 Å². The van der Waals surface area contributed by atoms with E-state index in [-0.39, 0.29) is 5.54 Å². The Morgan fingerprint density at radius 2 is 1.93 bits per heavy atom. The number of unbranched alkanes of at least 4 members (excludes halogenated alkanes) is 1. The van der Waals surface area contributed by atoms with Crippen molar-refractivity contribution in [1.29, 1.82) is 0 Å². The van der Waals surface area contributed by atoms with Crippen molar-refractivity contribution in [2.24, 2.45) is 0 Å². The fourth-order valence-electron chi connectivity index (χ4n) is 1.76. The van der Waals surface area contributed by atoms with Gasteiger partial charge in [-0.1, -0.05) is 13.3 Å². The Morgan fingerprint density at radius 3 is 2.36 bits per heavy atom. The molecule has 1 aliphatic rings. The monoisotopic (exact) mass is 214 g/mol. The molecule has 0 aromatic heterocycles. The molecule has 1 aliphatic heterocycles. The molecule has 0 aromatic rings. The summed E-state index contributed by atoms with van der Waals surface area (Å²) in [6.07, 6.45) is 2.49. The summed E-state index contributed by atoms with van der Waals surface area (Å²) in [5, 5.41) is 1.05. The van der Waals surface area contributed by atoms with E-state index in [1.54, 1.807) is 0 Å². The molecule has 0 unspecified atom stereocenters. The first kappa shape index (κ1) is 11.8. The highest BCUT2D eigenvalue weighted by molar-refractivity contribution is 7.80. The summed E-state index contributed by atoms with van der Waals surface area (Å²) < 4.78 is 0. The minimum atomic E-state index is 0.179. The SMILES string of the molecule is CCCCN1CCN(C(C)(C)C)C1=S. The lowest BCUT2D eigenvalue weighted by atomic mass is 10.1. The third-order valence-corrected chi connectivity index (χ3v) is 3.16. The Balaban J connectivity index is 2.52. The lowest BCUT2D eigenvalue weighted by Gasteiger charge is -2.33. The van der Waals surface area contributed by atoms with Gasteiger partial charge in [0.25, 0.3) is 0 Å². The van der Waals surface area contributed by atoms with Crippen molar-refractivity contribution in [2.45, 2.75) is 46.1 Å². The van der Waals surface area contributed by atoms with Crippen LogP contribution in [0.5, 0.6) is 0 Å². The summed E-state index contributed by atoms with van der Waals surface area (Å²) >= 11 is 5.48. The molecule has 0 aromatic carbocycles. The van der Waals surface area contributed by atoms with Crippen molar-refractivity contribution in [2.75, 3.05) is 19.6 Å². The first-order valence-corrected chi connectivity index (χ1v) is 5.94. The van der Waals surface area contributed by atoms with Crippen molar-refractivity contribution >= 4 is 17.3 Å². The minimum Gasteiger partial charge on any atom is -0.347 e. The first-order valence-electron chi connectivity index (χ1n) is 5.53. The molecule has 82 valence electrons. The molecule has 1 saturated heterocycles. The zero-order valence-corrected chi connectivity index (χ0v) is 10.7. The van der Waals surface area contributed by atoms with Crippen molar-refractivity contribution < 1.29 is 0 Å². The zero-order valence-electron chi connectivity index (χ0n) is 9.84. The highest BCUT2D eigenvalue weighted by Crippen LogP contribution is 2.20. The molecular formula is C11H22N2S. The average molecular weight is 214 g/mol. The van der Waals surface area contributed by atoms with Gasteiger partial charge in [0.15, 0.2) is 5.11 Å². The van der Waals surface area contributed by atoms with Gasteiger partial charge in [-0.2, -0.15) is 0 Å². The predicted molar refractivity (Wildman–Crippen MR) is 65.5 cm³/mol. The van der Waals surface area contributed by atoms with Gasteiger partial charge < -0.3 is 9.80 Å². The van der Waals surface area contributed by atoms with Gasteiger partial charge in [-0.3, -0.25) is 0 Å². The zero-order chi connectivity index (χ0) is 10.8. The van der Waals surface area contributed by atoms with Gasteiger partial charge in [-0.15, -0.1) is 0 Å². The fourth-order valence-corrected chi connectivity index (χ4v) is 2.31. The van der Waals surface area contributed by atoms with Crippen molar-refractivity contribution in [3.8, 4) is 0 Å². The van der Waals surface area contributed by atoms with E-state index in [4.69, 9.17) is 12.2 Å². The van der Waals surface area contributed by atoms with E-state index in [1.165, 1.54) is 12.8 Å². The summed E-state index contributed by atoms with van der Waals surface area (Å²) in [5.74, 6) is 0. The van der Waals surface area contributed by atoms with E-state index in [1.807, 2.05) is 0 Å².